The number of hydrogen-bond donors (Lipinski definition) is 0. The summed E-state index contributed by atoms with van der Waals surface area (Å²) < 4.78 is 24.5. The first kappa shape index (κ1) is 16.3. The second-order valence-electron chi connectivity index (χ2n) is 6.18. The second-order valence-corrected chi connectivity index (χ2v) is 7.11. The molecule has 0 atom stereocenters. The molecule has 0 saturated heterocycles. The molecule has 130 valence electrons. The van der Waals surface area contributed by atoms with E-state index in [0.717, 1.165) is 24.4 Å². The first-order valence-corrected chi connectivity index (χ1v) is 9.43. The van der Waals surface area contributed by atoms with Crippen LogP contribution in [-0.2, 0) is 5.75 Å². The Morgan fingerprint density at radius 2 is 2.04 bits per heavy atom. The summed E-state index contributed by atoms with van der Waals surface area (Å²) in [7, 11) is 0. The Morgan fingerprint density at radius 3 is 2.88 bits per heavy atom. The Kier molecular flexibility index (Phi) is 4.83. The van der Waals surface area contributed by atoms with Crippen molar-refractivity contribution in [3.8, 4) is 11.5 Å². The summed E-state index contributed by atoms with van der Waals surface area (Å²) in [6.45, 7) is 0. The van der Waals surface area contributed by atoms with Crippen LogP contribution in [0.3, 0.4) is 0 Å². The molecule has 4 rings (SSSR count). The van der Waals surface area contributed by atoms with Crippen molar-refractivity contribution in [1.29, 1.82) is 0 Å². The topological polar surface area (TPSA) is 65.0 Å². The molecule has 0 radical (unpaired) electrons. The van der Waals surface area contributed by atoms with Crippen LogP contribution in [0.1, 0.15) is 49.6 Å². The van der Waals surface area contributed by atoms with Gasteiger partial charge in [-0.15, -0.1) is 10.2 Å². The monoisotopic (exact) mass is 359 g/mol. The van der Waals surface area contributed by atoms with Crippen molar-refractivity contribution in [1.82, 2.24) is 15.2 Å². The van der Waals surface area contributed by atoms with Crippen molar-refractivity contribution >= 4 is 11.8 Å². The van der Waals surface area contributed by atoms with Gasteiger partial charge >= 0.3 is 0 Å². The van der Waals surface area contributed by atoms with Crippen LogP contribution in [0, 0.1) is 5.82 Å². The van der Waals surface area contributed by atoms with Crippen molar-refractivity contribution in [2.45, 2.75) is 49.0 Å². The number of hydrogen-bond acceptors (Lipinski definition) is 6. The summed E-state index contributed by atoms with van der Waals surface area (Å²) in [5.41, 5.74) is 1.37. The smallest absolute Gasteiger partial charge is 0.276 e. The lowest BCUT2D eigenvalue weighted by molar-refractivity contribution is 0.334. The van der Waals surface area contributed by atoms with E-state index in [9.17, 15) is 4.39 Å². The third kappa shape index (κ3) is 3.92. The number of thioether (sulfide) groups is 1. The molecule has 3 aromatic rings. The van der Waals surface area contributed by atoms with E-state index in [-0.39, 0.29) is 5.82 Å². The zero-order valence-electron chi connectivity index (χ0n) is 13.7. The minimum atomic E-state index is -0.312. The van der Waals surface area contributed by atoms with E-state index in [0.29, 0.717) is 28.3 Å². The van der Waals surface area contributed by atoms with Crippen molar-refractivity contribution in [3.63, 3.8) is 0 Å². The minimum Gasteiger partial charge on any atom is -0.444 e. The first-order chi connectivity index (χ1) is 12.3. The molecule has 0 unspecified atom stereocenters. The summed E-state index contributed by atoms with van der Waals surface area (Å²) in [6, 6.07) is 6.19. The number of rotatable bonds is 5. The van der Waals surface area contributed by atoms with E-state index < -0.39 is 0 Å². The molecular weight excluding hydrogens is 341 g/mol. The highest BCUT2D eigenvalue weighted by Gasteiger charge is 2.21. The van der Waals surface area contributed by atoms with Crippen molar-refractivity contribution in [2.24, 2.45) is 0 Å². The quantitative estimate of drug-likeness (QED) is 0.583. The molecular formula is C18H18FN3O2S. The molecule has 0 spiro atoms. The lowest BCUT2D eigenvalue weighted by Gasteiger charge is -2.17. The standard InChI is InChI=1S/C18H18FN3O2S/c19-14-8-4-7-13(9-14)16-20-15(10-23-16)11-25-18-22-21-17(24-18)12-5-2-1-3-6-12/h4,7-10,12H,1-3,5-6,11H2. The van der Waals surface area contributed by atoms with Crippen molar-refractivity contribution in [3.05, 3.63) is 47.9 Å². The first-order valence-electron chi connectivity index (χ1n) is 8.44. The fraction of sp³-hybridized carbons (Fsp3) is 0.389. The molecule has 2 heterocycles. The summed E-state index contributed by atoms with van der Waals surface area (Å²) in [6.07, 6.45) is 7.60. The number of oxazole rings is 1. The van der Waals surface area contributed by atoms with Crippen LogP contribution in [0.25, 0.3) is 11.5 Å². The van der Waals surface area contributed by atoms with Crippen LogP contribution in [0.15, 0.2) is 44.6 Å². The van der Waals surface area contributed by atoms with E-state index in [4.69, 9.17) is 8.83 Å². The van der Waals surface area contributed by atoms with E-state index in [1.807, 2.05) is 0 Å². The summed E-state index contributed by atoms with van der Waals surface area (Å²) in [4.78, 5) is 4.39. The van der Waals surface area contributed by atoms with Crippen molar-refractivity contribution < 1.29 is 13.2 Å². The number of aromatic nitrogens is 3. The Morgan fingerprint density at radius 1 is 1.16 bits per heavy atom. The molecule has 5 nitrogen and oxygen atoms in total. The average molecular weight is 359 g/mol. The van der Waals surface area contributed by atoms with Gasteiger partial charge in [0.1, 0.15) is 12.1 Å². The zero-order chi connectivity index (χ0) is 17.1. The predicted octanol–water partition coefficient (Wildman–Crippen LogP) is 5.20. The van der Waals surface area contributed by atoms with Crippen LogP contribution in [0.4, 0.5) is 4.39 Å². The van der Waals surface area contributed by atoms with Gasteiger partial charge in [0.25, 0.3) is 5.22 Å². The number of halogens is 1. The Balaban J connectivity index is 1.38. The largest absolute Gasteiger partial charge is 0.444 e. The van der Waals surface area contributed by atoms with Gasteiger partial charge < -0.3 is 8.83 Å². The van der Waals surface area contributed by atoms with Gasteiger partial charge in [-0.1, -0.05) is 37.1 Å². The lowest BCUT2D eigenvalue weighted by atomic mass is 9.89. The molecule has 1 aliphatic rings. The third-order valence-electron chi connectivity index (χ3n) is 4.34. The molecule has 1 saturated carbocycles. The molecule has 0 N–H and O–H groups in total. The highest BCUT2D eigenvalue weighted by Crippen LogP contribution is 2.33. The normalized spacial score (nSPS) is 15.6. The number of benzene rings is 1. The van der Waals surface area contributed by atoms with E-state index >= 15 is 0 Å². The molecule has 0 bridgehead atoms. The zero-order valence-corrected chi connectivity index (χ0v) is 14.5. The fourth-order valence-corrected chi connectivity index (χ4v) is 3.70. The number of nitrogens with zero attached hydrogens (tertiary/aromatic N) is 3. The summed E-state index contributed by atoms with van der Waals surface area (Å²) in [5.74, 6) is 1.81. The van der Waals surface area contributed by atoms with Gasteiger partial charge in [0, 0.05) is 17.2 Å². The van der Waals surface area contributed by atoms with Gasteiger partial charge in [0.15, 0.2) is 0 Å². The van der Waals surface area contributed by atoms with Gasteiger partial charge in [0.05, 0.1) is 5.69 Å². The Labute approximate surface area is 149 Å². The van der Waals surface area contributed by atoms with E-state index in [1.165, 1.54) is 43.2 Å². The highest BCUT2D eigenvalue weighted by atomic mass is 32.2. The molecule has 2 aromatic heterocycles. The molecule has 0 aliphatic heterocycles. The third-order valence-corrected chi connectivity index (χ3v) is 5.20. The maximum Gasteiger partial charge on any atom is 0.276 e. The predicted molar refractivity (Wildman–Crippen MR) is 91.6 cm³/mol. The highest BCUT2D eigenvalue weighted by molar-refractivity contribution is 7.98. The SMILES string of the molecule is Fc1cccc(-c2nc(CSc3nnc(C4CCCCC4)o3)co2)c1. The van der Waals surface area contributed by atoms with Crippen LogP contribution < -0.4 is 0 Å². The Hall–Kier alpha value is -2.15. The van der Waals surface area contributed by atoms with Crippen molar-refractivity contribution in [2.75, 3.05) is 0 Å². The molecule has 0 amide bonds. The molecule has 1 fully saturated rings. The van der Waals surface area contributed by atoms with Gasteiger partial charge in [-0.2, -0.15) is 0 Å². The van der Waals surface area contributed by atoms with Crippen LogP contribution in [0.2, 0.25) is 0 Å². The van der Waals surface area contributed by atoms with Crippen LogP contribution >= 0.6 is 11.8 Å². The van der Waals surface area contributed by atoms with Gasteiger partial charge in [-0.25, -0.2) is 9.37 Å². The molecule has 7 heteroatoms. The van der Waals surface area contributed by atoms with Gasteiger partial charge in [0.2, 0.25) is 11.8 Å². The maximum atomic E-state index is 13.3. The van der Waals surface area contributed by atoms with E-state index in [2.05, 4.69) is 15.2 Å². The fourth-order valence-electron chi connectivity index (χ4n) is 3.06. The minimum absolute atomic E-state index is 0.312. The average Bonchev–Trinajstić information content (AvgIpc) is 3.30. The molecule has 1 aromatic carbocycles. The van der Waals surface area contributed by atoms with E-state index in [1.54, 1.807) is 18.4 Å². The summed E-state index contributed by atoms with van der Waals surface area (Å²) >= 11 is 1.43. The van der Waals surface area contributed by atoms with Crippen LogP contribution in [-0.4, -0.2) is 15.2 Å². The van der Waals surface area contributed by atoms with Gasteiger partial charge in [-0.3, -0.25) is 0 Å². The molecule has 25 heavy (non-hydrogen) atoms. The Bertz CT molecular complexity index is 842. The maximum absolute atomic E-state index is 13.3. The lowest BCUT2D eigenvalue weighted by Crippen LogP contribution is -2.04. The van der Waals surface area contributed by atoms with Gasteiger partial charge in [-0.05, 0) is 31.0 Å². The summed E-state index contributed by atoms with van der Waals surface area (Å²) in [5, 5.41) is 8.86. The van der Waals surface area contributed by atoms with Crippen LogP contribution in [0.5, 0.6) is 0 Å². The molecule has 1 aliphatic carbocycles. The second kappa shape index (κ2) is 7.39.